The molecule has 0 saturated heterocycles. The standard InChI is InChI=1S/C8H10N6/c1-6-2-3-14(13-6)8-5-10-4-7(11-8)12-9/h2-5H,9H2,1H3,(H,11,12). The van der Waals surface area contributed by atoms with Crippen LogP contribution in [-0.2, 0) is 0 Å². The van der Waals surface area contributed by atoms with E-state index in [0.29, 0.717) is 11.6 Å². The summed E-state index contributed by atoms with van der Waals surface area (Å²) in [5.74, 6) is 6.36. The predicted octanol–water partition coefficient (Wildman–Crippen LogP) is 0.256. The van der Waals surface area contributed by atoms with Crippen LogP contribution >= 0.6 is 0 Å². The van der Waals surface area contributed by atoms with E-state index in [1.807, 2.05) is 19.2 Å². The van der Waals surface area contributed by atoms with E-state index in [0.717, 1.165) is 5.69 Å². The molecule has 0 aliphatic carbocycles. The molecule has 0 saturated carbocycles. The molecule has 0 aliphatic rings. The lowest BCUT2D eigenvalue weighted by Crippen LogP contribution is -2.10. The zero-order chi connectivity index (χ0) is 9.97. The molecule has 0 aromatic carbocycles. The van der Waals surface area contributed by atoms with E-state index in [4.69, 9.17) is 5.84 Å². The first-order valence-electron chi connectivity index (χ1n) is 4.11. The Kier molecular flexibility index (Phi) is 2.11. The van der Waals surface area contributed by atoms with Crippen molar-refractivity contribution in [1.82, 2.24) is 19.7 Å². The highest BCUT2D eigenvalue weighted by Gasteiger charge is 2.00. The van der Waals surface area contributed by atoms with Crippen molar-refractivity contribution in [3.63, 3.8) is 0 Å². The van der Waals surface area contributed by atoms with Crippen LogP contribution < -0.4 is 11.3 Å². The normalized spacial score (nSPS) is 10.1. The van der Waals surface area contributed by atoms with Crippen LogP contribution in [0.1, 0.15) is 5.69 Å². The van der Waals surface area contributed by atoms with Crippen molar-refractivity contribution >= 4 is 5.82 Å². The molecule has 6 heteroatoms. The Hall–Kier alpha value is -1.95. The van der Waals surface area contributed by atoms with Gasteiger partial charge in [-0.25, -0.2) is 15.5 Å². The highest BCUT2D eigenvalue weighted by molar-refractivity contribution is 5.34. The summed E-state index contributed by atoms with van der Waals surface area (Å²) < 4.78 is 1.64. The average Bonchev–Trinajstić information content (AvgIpc) is 2.65. The maximum Gasteiger partial charge on any atom is 0.174 e. The minimum Gasteiger partial charge on any atom is -0.307 e. The summed E-state index contributed by atoms with van der Waals surface area (Å²) in [7, 11) is 0. The maximum atomic E-state index is 5.22. The fourth-order valence-electron chi connectivity index (χ4n) is 1.08. The van der Waals surface area contributed by atoms with Gasteiger partial charge in [0.1, 0.15) is 0 Å². The van der Waals surface area contributed by atoms with Crippen molar-refractivity contribution < 1.29 is 0 Å². The number of nitrogen functional groups attached to an aromatic ring is 1. The molecule has 2 rings (SSSR count). The van der Waals surface area contributed by atoms with Crippen LogP contribution in [0.4, 0.5) is 5.82 Å². The minimum absolute atomic E-state index is 0.510. The largest absolute Gasteiger partial charge is 0.307 e. The van der Waals surface area contributed by atoms with Gasteiger partial charge in [-0.3, -0.25) is 4.98 Å². The van der Waals surface area contributed by atoms with E-state index in [9.17, 15) is 0 Å². The highest BCUT2D eigenvalue weighted by Crippen LogP contribution is 2.05. The molecule has 2 heterocycles. The summed E-state index contributed by atoms with van der Waals surface area (Å²) in [6.07, 6.45) is 4.98. The van der Waals surface area contributed by atoms with Gasteiger partial charge in [-0.05, 0) is 13.0 Å². The topological polar surface area (TPSA) is 81.7 Å². The van der Waals surface area contributed by atoms with Crippen LogP contribution in [0.2, 0.25) is 0 Å². The van der Waals surface area contributed by atoms with Crippen molar-refractivity contribution in [2.75, 3.05) is 5.43 Å². The molecular formula is C8H10N6. The van der Waals surface area contributed by atoms with E-state index >= 15 is 0 Å². The molecule has 14 heavy (non-hydrogen) atoms. The van der Waals surface area contributed by atoms with Crippen molar-refractivity contribution in [3.05, 3.63) is 30.4 Å². The van der Waals surface area contributed by atoms with E-state index in [2.05, 4.69) is 20.5 Å². The monoisotopic (exact) mass is 190 g/mol. The van der Waals surface area contributed by atoms with Gasteiger partial charge in [0.25, 0.3) is 0 Å². The van der Waals surface area contributed by atoms with Crippen LogP contribution in [0.15, 0.2) is 24.7 Å². The Labute approximate surface area is 80.8 Å². The Balaban J connectivity index is 2.41. The van der Waals surface area contributed by atoms with Gasteiger partial charge in [0, 0.05) is 6.20 Å². The summed E-state index contributed by atoms with van der Waals surface area (Å²) >= 11 is 0. The molecule has 0 unspecified atom stereocenters. The van der Waals surface area contributed by atoms with Gasteiger partial charge in [-0.15, -0.1) is 0 Å². The van der Waals surface area contributed by atoms with Gasteiger partial charge < -0.3 is 5.43 Å². The number of hydrogen-bond acceptors (Lipinski definition) is 5. The molecular weight excluding hydrogens is 180 g/mol. The number of hydrogen-bond donors (Lipinski definition) is 2. The number of hydrazine groups is 1. The molecule has 2 aromatic rings. The van der Waals surface area contributed by atoms with Gasteiger partial charge in [0.05, 0.1) is 18.1 Å². The first kappa shape index (κ1) is 8.64. The quantitative estimate of drug-likeness (QED) is 0.524. The van der Waals surface area contributed by atoms with Gasteiger partial charge >= 0.3 is 0 Å². The molecule has 0 bridgehead atoms. The molecule has 0 aliphatic heterocycles. The molecule has 3 N–H and O–H groups in total. The van der Waals surface area contributed by atoms with Crippen molar-refractivity contribution in [1.29, 1.82) is 0 Å². The average molecular weight is 190 g/mol. The lowest BCUT2D eigenvalue weighted by molar-refractivity contribution is 0.825. The number of aromatic nitrogens is 4. The minimum atomic E-state index is 0.510. The van der Waals surface area contributed by atoms with E-state index in [1.165, 1.54) is 0 Å². The van der Waals surface area contributed by atoms with Gasteiger partial charge in [-0.1, -0.05) is 0 Å². The van der Waals surface area contributed by atoms with E-state index < -0.39 is 0 Å². The zero-order valence-corrected chi connectivity index (χ0v) is 7.68. The number of nitrogens with two attached hydrogens (primary N) is 1. The number of anilines is 1. The number of nitrogens with one attached hydrogen (secondary N) is 1. The Bertz CT molecular complexity index is 435. The highest BCUT2D eigenvalue weighted by atomic mass is 15.3. The summed E-state index contributed by atoms with van der Waals surface area (Å²) in [6, 6.07) is 1.89. The molecule has 0 fully saturated rings. The van der Waals surface area contributed by atoms with Crippen LogP contribution in [0, 0.1) is 6.92 Å². The summed E-state index contributed by atoms with van der Waals surface area (Å²) in [4.78, 5) is 8.15. The molecule has 2 aromatic heterocycles. The zero-order valence-electron chi connectivity index (χ0n) is 7.68. The molecule has 0 radical (unpaired) electrons. The fourth-order valence-corrected chi connectivity index (χ4v) is 1.08. The summed E-state index contributed by atoms with van der Waals surface area (Å²) in [6.45, 7) is 1.91. The van der Waals surface area contributed by atoms with Gasteiger partial charge in [-0.2, -0.15) is 5.10 Å². The van der Waals surface area contributed by atoms with Crippen molar-refractivity contribution in [2.45, 2.75) is 6.92 Å². The number of rotatable bonds is 2. The van der Waals surface area contributed by atoms with Crippen LogP contribution in [0.25, 0.3) is 5.82 Å². The van der Waals surface area contributed by atoms with E-state index in [-0.39, 0.29) is 0 Å². The molecule has 0 spiro atoms. The second-order valence-corrected chi connectivity index (χ2v) is 2.81. The Morgan fingerprint density at radius 3 is 2.93 bits per heavy atom. The first-order valence-corrected chi connectivity index (χ1v) is 4.11. The third kappa shape index (κ3) is 1.55. The van der Waals surface area contributed by atoms with Crippen LogP contribution in [-0.4, -0.2) is 19.7 Å². The third-order valence-corrected chi connectivity index (χ3v) is 1.73. The maximum absolute atomic E-state index is 5.22. The molecule has 0 amide bonds. The molecule has 72 valence electrons. The van der Waals surface area contributed by atoms with Gasteiger partial charge in [0.15, 0.2) is 11.6 Å². The van der Waals surface area contributed by atoms with Gasteiger partial charge in [0.2, 0.25) is 0 Å². The summed E-state index contributed by atoms with van der Waals surface area (Å²) in [5.41, 5.74) is 3.36. The van der Waals surface area contributed by atoms with Crippen molar-refractivity contribution in [2.24, 2.45) is 5.84 Å². The first-order chi connectivity index (χ1) is 6.79. The smallest absolute Gasteiger partial charge is 0.174 e. The predicted molar refractivity (Wildman–Crippen MR) is 51.7 cm³/mol. The van der Waals surface area contributed by atoms with Crippen molar-refractivity contribution in [3.8, 4) is 5.82 Å². The lowest BCUT2D eigenvalue weighted by atomic mass is 10.5. The lowest BCUT2D eigenvalue weighted by Gasteiger charge is -2.01. The number of nitrogens with zero attached hydrogens (tertiary/aromatic N) is 4. The number of aryl methyl sites for hydroxylation is 1. The van der Waals surface area contributed by atoms with E-state index in [1.54, 1.807) is 17.1 Å². The Morgan fingerprint density at radius 2 is 2.29 bits per heavy atom. The Morgan fingerprint density at radius 1 is 1.43 bits per heavy atom. The SMILES string of the molecule is Cc1ccn(-c2cncc(NN)n2)n1. The third-order valence-electron chi connectivity index (χ3n) is 1.73. The molecule has 0 atom stereocenters. The second-order valence-electron chi connectivity index (χ2n) is 2.81. The second kappa shape index (κ2) is 3.43. The summed E-state index contributed by atoms with van der Waals surface area (Å²) in [5, 5.41) is 4.20. The fraction of sp³-hybridized carbons (Fsp3) is 0.125. The van der Waals surface area contributed by atoms with Crippen LogP contribution in [0.5, 0.6) is 0 Å². The molecule has 6 nitrogen and oxygen atoms in total. The van der Waals surface area contributed by atoms with Crippen LogP contribution in [0.3, 0.4) is 0 Å².